The van der Waals surface area contributed by atoms with E-state index >= 15 is 0 Å². The second kappa shape index (κ2) is 8.86. The molecule has 1 saturated carbocycles. The molecule has 4 rings (SSSR count). The molecule has 1 amide bonds. The van der Waals surface area contributed by atoms with Gasteiger partial charge in [0.05, 0.1) is 6.42 Å². The van der Waals surface area contributed by atoms with E-state index in [2.05, 4.69) is 23.1 Å². The predicted molar refractivity (Wildman–Crippen MR) is 112 cm³/mol. The second-order valence-corrected chi connectivity index (χ2v) is 9.58. The number of nitrogens with zero attached hydrogens (tertiary/aromatic N) is 2. The summed E-state index contributed by atoms with van der Waals surface area (Å²) in [7, 11) is 0. The van der Waals surface area contributed by atoms with Crippen LogP contribution in [0.25, 0.3) is 0 Å². The third kappa shape index (κ3) is 5.00. The minimum atomic E-state index is -0.899. The molecule has 1 aromatic carbocycles. The lowest BCUT2D eigenvalue weighted by atomic mass is 9.74. The summed E-state index contributed by atoms with van der Waals surface area (Å²) in [4.78, 5) is 28.5. The summed E-state index contributed by atoms with van der Waals surface area (Å²) in [5, 5.41) is 9.01. The van der Waals surface area contributed by atoms with E-state index in [9.17, 15) is 9.59 Å². The Labute approximate surface area is 174 Å². The number of hydrogen-bond donors (Lipinski definition) is 1. The van der Waals surface area contributed by atoms with Crippen molar-refractivity contribution in [2.24, 2.45) is 11.3 Å². The van der Waals surface area contributed by atoms with Gasteiger partial charge in [-0.3, -0.25) is 9.59 Å². The van der Waals surface area contributed by atoms with Crippen LogP contribution in [0, 0.1) is 11.3 Å². The number of benzene rings is 1. The number of carbonyl (C=O) groups is 2. The lowest BCUT2D eigenvalue weighted by Gasteiger charge is -2.45. The Bertz CT molecular complexity index is 743. The van der Waals surface area contributed by atoms with Gasteiger partial charge in [-0.1, -0.05) is 37.1 Å². The standard InChI is InChI=1S/C24H34N2O3/c27-22(10-11-23(28)29)26-16-21-9-4-3-8-20(21)14-24(18-26)12-5-13-25(17-24)15-19-6-1-2-7-19/h3-4,8-9,19H,1-2,5-7,10-18H2,(H,28,29). The molecule has 1 unspecified atom stereocenters. The van der Waals surface area contributed by atoms with Crippen LogP contribution < -0.4 is 0 Å². The van der Waals surface area contributed by atoms with Crippen LogP contribution in [-0.4, -0.2) is 53.0 Å². The van der Waals surface area contributed by atoms with Gasteiger partial charge in [0, 0.05) is 38.0 Å². The molecule has 2 heterocycles. The van der Waals surface area contributed by atoms with Gasteiger partial charge in [0.2, 0.25) is 5.91 Å². The fourth-order valence-corrected chi connectivity index (χ4v) is 5.86. The fraction of sp³-hybridized carbons (Fsp3) is 0.667. The van der Waals surface area contributed by atoms with Gasteiger partial charge in [-0.25, -0.2) is 0 Å². The predicted octanol–water partition coefficient (Wildman–Crippen LogP) is 3.71. The number of likely N-dealkylation sites (tertiary alicyclic amines) is 1. The van der Waals surface area contributed by atoms with E-state index in [0.717, 1.165) is 31.8 Å². The topological polar surface area (TPSA) is 60.9 Å². The Kier molecular flexibility index (Phi) is 6.23. The van der Waals surface area contributed by atoms with Gasteiger partial charge < -0.3 is 14.9 Å². The molecule has 1 spiro atoms. The fourth-order valence-electron chi connectivity index (χ4n) is 5.86. The first-order valence-electron chi connectivity index (χ1n) is 11.3. The number of carboxylic acid groups (broad SMARTS) is 1. The quantitative estimate of drug-likeness (QED) is 0.821. The Balaban J connectivity index is 1.54. The average Bonchev–Trinajstić information content (AvgIpc) is 3.14. The van der Waals surface area contributed by atoms with Gasteiger partial charge in [0.1, 0.15) is 0 Å². The van der Waals surface area contributed by atoms with Gasteiger partial charge in [-0.15, -0.1) is 0 Å². The summed E-state index contributed by atoms with van der Waals surface area (Å²) in [5.74, 6) is -0.0726. The minimum Gasteiger partial charge on any atom is -0.481 e. The van der Waals surface area contributed by atoms with Crippen molar-refractivity contribution in [1.82, 2.24) is 9.80 Å². The Morgan fingerprint density at radius 2 is 1.79 bits per heavy atom. The normalized spacial score (nSPS) is 25.7. The highest BCUT2D eigenvalue weighted by molar-refractivity contribution is 5.80. The van der Waals surface area contributed by atoms with E-state index in [0.29, 0.717) is 6.54 Å². The van der Waals surface area contributed by atoms with Crippen LogP contribution in [-0.2, 0) is 22.6 Å². The van der Waals surface area contributed by atoms with E-state index < -0.39 is 5.97 Å². The number of hydrogen-bond acceptors (Lipinski definition) is 3. The number of rotatable bonds is 5. The lowest BCUT2D eigenvalue weighted by Crippen LogP contribution is -2.51. The van der Waals surface area contributed by atoms with E-state index in [1.807, 2.05) is 11.0 Å². The molecule has 1 N–H and O–H groups in total. The summed E-state index contributed by atoms with van der Waals surface area (Å²) in [6.45, 7) is 4.80. The third-order valence-corrected chi connectivity index (χ3v) is 7.21. The summed E-state index contributed by atoms with van der Waals surface area (Å²) < 4.78 is 0. The molecule has 0 bridgehead atoms. The molecule has 2 fully saturated rings. The zero-order valence-electron chi connectivity index (χ0n) is 17.4. The van der Waals surface area contributed by atoms with Gasteiger partial charge >= 0.3 is 5.97 Å². The molecular formula is C24H34N2O3. The number of carbonyl (C=O) groups excluding carboxylic acids is 1. The van der Waals surface area contributed by atoms with Crippen molar-refractivity contribution < 1.29 is 14.7 Å². The van der Waals surface area contributed by atoms with Crippen molar-refractivity contribution in [3.8, 4) is 0 Å². The van der Waals surface area contributed by atoms with Crippen LogP contribution in [0.5, 0.6) is 0 Å². The Hall–Kier alpha value is -1.88. The number of aliphatic carboxylic acids is 1. The van der Waals surface area contributed by atoms with Crippen molar-refractivity contribution in [3.05, 3.63) is 35.4 Å². The number of amides is 1. The molecule has 3 aliphatic rings. The van der Waals surface area contributed by atoms with Crippen LogP contribution in [0.2, 0.25) is 0 Å². The van der Waals surface area contributed by atoms with Crippen molar-refractivity contribution >= 4 is 11.9 Å². The zero-order chi connectivity index (χ0) is 20.3. The highest BCUT2D eigenvalue weighted by atomic mass is 16.4. The smallest absolute Gasteiger partial charge is 0.303 e. The highest BCUT2D eigenvalue weighted by Gasteiger charge is 2.41. The molecular weight excluding hydrogens is 364 g/mol. The van der Waals surface area contributed by atoms with Gasteiger partial charge in [-0.05, 0) is 55.7 Å². The maximum atomic E-state index is 12.9. The van der Waals surface area contributed by atoms with E-state index in [4.69, 9.17) is 5.11 Å². The van der Waals surface area contributed by atoms with Gasteiger partial charge in [-0.2, -0.15) is 0 Å². The van der Waals surface area contributed by atoms with Crippen molar-refractivity contribution in [3.63, 3.8) is 0 Å². The largest absolute Gasteiger partial charge is 0.481 e. The van der Waals surface area contributed by atoms with Crippen LogP contribution >= 0.6 is 0 Å². The number of carboxylic acids is 1. The van der Waals surface area contributed by atoms with E-state index in [-0.39, 0.29) is 24.2 Å². The average molecular weight is 399 g/mol. The molecule has 5 nitrogen and oxygen atoms in total. The molecule has 0 aromatic heterocycles. The molecule has 5 heteroatoms. The monoisotopic (exact) mass is 398 g/mol. The van der Waals surface area contributed by atoms with Crippen molar-refractivity contribution in [2.75, 3.05) is 26.2 Å². The molecule has 158 valence electrons. The molecule has 0 radical (unpaired) electrons. The van der Waals surface area contributed by atoms with Crippen LogP contribution in [0.4, 0.5) is 0 Å². The number of piperidine rings is 1. The van der Waals surface area contributed by atoms with Crippen LogP contribution in [0.15, 0.2) is 24.3 Å². The Morgan fingerprint density at radius 3 is 2.55 bits per heavy atom. The van der Waals surface area contributed by atoms with Crippen LogP contribution in [0.1, 0.15) is 62.5 Å². The van der Waals surface area contributed by atoms with Crippen molar-refractivity contribution in [2.45, 2.75) is 64.3 Å². The van der Waals surface area contributed by atoms with Gasteiger partial charge in [0.15, 0.2) is 0 Å². The first-order valence-corrected chi connectivity index (χ1v) is 11.3. The second-order valence-electron chi connectivity index (χ2n) is 9.58. The maximum absolute atomic E-state index is 12.9. The Morgan fingerprint density at radius 1 is 1.03 bits per heavy atom. The summed E-state index contributed by atoms with van der Waals surface area (Å²) in [6, 6.07) is 8.50. The summed E-state index contributed by atoms with van der Waals surface area (Å²) in [6.07, 6.45) is 8.85. The molecule has 1 aliphatic carbocycles. The molecule has 29 heavy (non-hydrogen) atoms. The molecule has 1 saturated heterocycles. The van der Waals surface area contributed by atoms with Gasteiger partial charge in [0.25, 0.3) is 0 Å². The van der Waals surface area contributed by atoms with E-state index in [1.54, 1.807) is 0 Å². The first-order chi connectivity index (χ1) is 14.0. The summed E-state index contributed by atoms with van der Waals surface area (Å²) in [5.41, 5.74) is 2.67. The third-order valence-electron chi connectivity index (χ3n) is 7.21. The zero-order valence-corrected chi connectivity index (χ0v) is 17.4. The molecule has 1 atom stereocenters. The summed E-state index contributed by atoms with van der Waals surface area (Å²) >= 11 is 0. The minimum absolute atomic E-state index is 0.0172. The maximum Gasteiger partial charge on any atom is 0.303 e. The molecule has 2 aliphatic heterocycles. The first kappa shape index (κ1) is 20.4. The van der Waals surface area contributed by atoms with E-state index in [1.165, 1.54) is 56.3 Å². The molecule has 1 aromatic rings. The van der Waals surface area contributed by atoms with Crippen molar-refractivity contribution in [1.29, 1.82) is 0 Å². The lowest BCUT2D eigenvalue weighted by molar-refractivity contribution is -0.141. The number of fused-ring (bicyclic) bond motifs is 1. The highest BCUT2D eigenvalue weighted by Crippen LogP contribution is 2.39. The van der Waals surface area contributed by atoms with Crippen LogP contribution in [0.3, 0.4) is 0 Å². The SMILES string of the molecule is O=C(O)CCC(=O)N1Cc2ccccc2CC2(CCCN(CC3CCCC3)C2)C1.